The Morgan fingerprint density at radius 1 is 1.33 bits per heavy atom. The van der Waals surface area contributed by atoms with Crippen molar-refractivity contribution in [1.29, 1.82) is 0 Å². The molecule has 4 N–H and O–H groups in total. The van der Waals surface area contributed by atoms with E-state index in [1.165, 1.54) is 0 Å². The zero-order valence-corrected chi connectivity index (χ0v) is 11.0. The summed E-state index contributed by atoms with van der Waals surface area (Å²) in [5.74, 6) is 1.17. The summed E-state index contributed by atoms with van der Waals surface area (Å²) < 4.78 is 0. The first kappa shape index (κ1) is 14.0. The van der Waals surface area contributed by atoms with Crippen LogP contribution in [0, 0.1) is 0 Å². The van der Waals surface area contributed by atoms with Gasteiger partial charge in [-0.05, 0) is 17.7 Å². The summed E-state index contributed by atoms with van der Waals surface area (Å²) in [7, 11) is 3.69. The molecule has 0 atom stereocenters. The number of hydrogen-bond acceptors (Lipinski definition) is 1. The Balaban J connectivity index is 0.00000196. The van der Waals surface area contributed by atoms with E-state index in [9.17, 15) is 0 Å². The number of guanidine groups is 1. The predicted molar refractivity (Wildman–Crippen MR) is 55.9 cm³/mol. The number of phenols is 1. The highest BCUT2D eigenvalue weighted by Crippen LogP contribution is 2.08. The molecule has 0 heterocycles. The molecule has 0 aromatic heterocycles. The van der Waals surface area contributed by atoms with Gasteiger partial charge in [0.2, 0.25) is 0 Å². The molecule has 0 aliphatic rings. The van der Waals surface area contributed by atoms with Gasteiger partial charge in [0.1, 0.15) is 5.75 Å². The molecule has 0 unspecified atom stereocenters. The smallest absolute Gasteiger partial charge is 0.343 e. The topological polar surface area (TPSA) is 58.3 Å². The Morgan fingerprint density at radius 2 is 1.93 bits per heavy atom. The fraction of sp³-hybridized carbons (Fsp3) is 0.300. The lowest BCUT2D eigenvalue weighted by Crippen LogP contribution is -3.00. The minimum Gasteiger partial charge on any atom is -1.00 e. The van der Waals surface area contributed by atoms with Gasteiger partial charge in [-0.25, -0.2) is 0 Å². The Labute approximate surface area is 107 Å². The molecule has 1 aromatic carbocycles. The van der Waals surface area contributed by atoms with Crippen LogP contribution in [0.25, 0.3) is 0 Å². The molecule has 15 heavy (non-hydrogen) atoms. The Hall–Kier alpha value is -0.980. The molecule has 0 fully saturated rings. The van der Waals surface area contributed by atoms with Crippen molar-refractivity contribution in [1.82, 2.24) is 10.6 Å². The zero-order chi connectivity index (χ0) is 10.4. The maximum absolute atomic E-state index is 9.08. The van der Waals surface area contributed by atoms with Gasteiger partial charge in [0, 0.05) is 0 Å². The molecule has 84 valence electrons. The van der Waals surface area contributed by atoms with E-state index < -0.39 is 0 Å². The van der Waals surface area contributed by atoms with Crippen molar-refractivity contribution in [3.8, 4) is 5.75 Å². The summed E-state index contributed by atoms with van der Waals surface area (Å²) in [5, 5.41) is 15.2. The highest BCUT2D eigenvalue weighted by atomic mass is 127. The van der Waals surface area contributed by atoms with E-state index in [-0.39, 0.29) is 24.0 Å². The minimum atomic E-state index is 0. The van der Waals surface area contributed by atoms with Gasteiger partial charge in [0.25, 0.3) is 0 Å². The molecule has 1 aromatic rings. The second kappa shape index (κ2) is 7.33. The van der Waals surface area contributed by atoms with Crippen molar-refractivity contribution in [3.63, 3.8) is 0 Å². The first-order valence-corrected chi connectivity index (χ1v) is 4.50. The fourth-order valence-electron chi connectivity index (χ4n) is 1.11. The maximum atomic E-state index is 9.08. The fourth-order valence-corrected chi connectivity index (χ4v) is 1.11. The highest BCUT2D eigenvalue weighted by molar-refractivity contribution is 5.73. The molecule has 0 aliphatic carbocycles. The third-order valence-electron chi connectivity index (χ3n) is 1.91. The largest absolute Gasteiger partial charge is 1.00 e. The summed E-state index contributed by atoms with van der Waals surface area (Å²) >= 11 is 0. The van der Waals surface area contributed by atoms with Crippen LogP contribution < -0.4 is 39.6 Å². The van der Waals surface area contributed by atoms with Gasteiger partial charge in [-0.15, -0.1) is 0 Å². The van der Waals surface area contributed by atoms with Crippen molar-refractivity contribution in [2.45, 2.75) is 6.54 Å². The molecule has 4 nitrogen and oxygen atoms in total. The maximum Gasteiger partial charge on any atom is 0.343 e. The molecule has 0 saturated carbocycles. The number of benzene rings is 1. The van der Waals surface area contributed by atoms with Gasteiger partial charge in [-0.3, -0.25) is 15.6 Å². The van der Waals surface area contributed by atoms with E-state index >= 15 is 0 Å². The van der Waals surface area contributed by atoms with E-state index in [4.69, 9.17) is 5.11 Å². The van der Waals surface area contributed by atoms with Crippen molar-refractivity contribution < 1.29 is 34.1 Å². The first-order valence-electron chi connectivity index (χ1n) is 4.50. The van der Waals surface area contributed by atoms with Crippen molar-refractivity contribution in [2.75, 3.05) is 14.1 Å². The summed E-state index contributed by atoms with van der Waals surface area (Å²) in [4.78, 5) is 2.98. The van der Waals surface area contributed by atoms with Crippen molar-refractivity contribution in [2.24, 2.45) is 0 Å². The number of halogens is 1. The van der Waals surface area contributed by atoms with E-state index in [1.807, 2.05) is 26.2 Å². The van der Waals surface area contributed by atoms with Gasteiger partial charge < -0.3 is 29.1 Å². The molecule has 5 heteroatoms. The third kappa shape index (κ3) is 4.87. The van der Waals surface area contributed by atoms with Crippen LogP contribution in [0.1, 0.15) is 5.56 Å². The number of phenolic OH excluding ortho intramolecular Hbond substituents is 1. The summed E-state index contributed by atoms with van der Waals surface area (Å²) in [5.41, 5.74) is 1.12. The van der Waals surface area contributed by atoms with E-state index in [0.29, 0.717) is 5.75 Å². The molecule has 1 rings (SSSR count). The second-order valence-electron chi connectivity index (χ2n) is 2.90. The van der Waals surface area contributed by atoms with E-state index in [0.717, 1.165) is 18.1 Å². The van der Waals surface area contributed by atoms with Crippen LogP contribution in [0.15, 0.2) is 24.3 Å². The highest BCUT2D eigenvalue weighted by Gasteiger charge is 2.00. The van der Waals surface area contributed by atoms with Gasteiger partial charge in [0.05, 0.1) is 20.6 Å². The monoisotopic (exact) mass is 321 g/mol. The van der Waals surface area contributed by atoms with Crippen molar-refractivity contribution in [3.05, 3.63) is 29.8 Å². The summed E-state index contributed by atoms with van der Waals surface area (Å²) in [6.45, 7) is 0.720. The molecular formula is C10H16IN3O. The molecular weight excluding hydrogens is 305 g/mol. The Morgan fingerprint density at radius 3 is 2.40 bits per heavy atom. The van der Waals surface area contributed by atoms with Crippen LogP contribution in [0.3, 0.4) is 0 Å². The zero-order valence-electron chi connectivity index (χ0n) is 8.84. The van der Waals surface area contributed by atoms with Gasteiger partial charge >= 0.3 is 5.96 Å². The van der Waals surface area contributed by atoms with Crippen LogP contribution >= 0.6 is 0 Å². The predicted octanol–water partition coefficient (Wildman–Crippen LogP) is -4.23. The molecule has 0 saturated heterocycles. The molecule has 0 radical (unpaired) electrons. The Bertz CT molecular complexity index is 311. The van der Waals surface area contributed by atoms with Crippen LogP contribution in [0.4, 0.5) is 0 Å². The second-order valence-corrected chi connectivity index (χ2v) is 2.90. The average molecular weight is 321 g/mol. The van der Waals surface area contributed by atoms with E-state index in [2.05, 4.69) is 15.6 Å². The normalized spacial score (nSPS) is 10.4. The van der Waals surface area contributed by atoms with Crippen LogP contribution in [0.5, 0.6) is 5.75 Å². The first-order chi connectivity index (χ1) is 6.76. The Kier molecular flexibility index (Phi) is 6.85. The SMILES string of the molecule is CNC(NCc1ccc(O)cc1)=[NH+]C.[I-]. The lowest BCUT2D eigenvalue weighted by molar-refractivity contribution is -0.425. The summed E-state index contributed by atoms with van der Waals surface area (Å²) in [6.07, 6.45) is 0. The lowest BCUT2D eigenvalue weighted by Gasteiger charge is -2.02. The lowest BCUT2D eigenvalue weighted by atomic mass is 10.2. The number of aromatic hydroxyl groups is 1. The average Bonchev–Trinajstić information content (AvgIpc) is 2.22. The summed E-state index contributed by atoms with van der Waals surface area (Å²) in [6, 6.07) is 7.11. The molecule has 0 spiro atoms. The molecule has 0 amide bonds. The quantitative estimate of drug-likeness (QED) is 0.254. The van der Waals surface area contributed by atoms with E-state index in [1.54, 1.807) is 12.1 Å². The van der Waals surface area contributed by atoms with Crippen LogP contribution in [-0.4, -0.2) is 25.2 Å². The molecule has 0 aliphatic heterocycles. The molecule has 0 bridgehead atoms. The van der Waals surface area contributed by atoms with Crippen LogP contribution in [-0.2, 0) is 6.54 Å². The van der Waals surface area contributed by atoms with Crippen molar-refractivity contribution >= 4 is 5.96 Å². The number of hydrogen-bond donors (Lipinski definition) is 4. The van der Waals surface area contributed by atoms with Gasteiger partial charge in [-0.1, -0.05) is 12.1 Å². The standard InChI is InChI=1S/C10H15N3O.HI/c1-11-10(12-2)13-7-8-3-5-9(14)6-4-8;/h3-6,14H,7H2,1-2H3,(H2,11,12,13);1H. The number of rotatable bonds is 2. The minimum absolute atomic E-state index is 0. The van der Waals surface area contributed by atoms with Gasteiger partial charge in [-0.2, -0.15) is 0 Å². The van der Waals surface area contributed by atoms with Crippen LogP contribution in [0.2, 0.25) is 0 Å². The van der Waals surface area contributed by atoms with Gasteiger partial charge in [0.15, 0.2) is 0 Å². The third-order valence-corrected chi connectivity index (χ3v) is 1.91. The number of nitrogens with one attached hydrogen (secondary N) is 3.